The number of hydrogen-bond acceptors (Lipinski definition) is 4. The summed E-state index contributed by atoms with van der Waals surface area (Å²) >= 11 is 0. The van der Waals surface area contributed by atoms with Gasteiger partial charge < -0.3 is 8.83 Å². The molecule has 2 aromatic heterocycles. The maximum absolute atomic E-state index is 6.89. The predicted molar refractivity (Wildman–Crippen MR) is 202 cm³/mol. The van der Waals surface area contributed by atoms with Crippen LogP contribution in [0.15, 0.2) is 167 Å². The Kier molecular flexibility index (Phi) is 6.88. The zero-order valence-corrected chi connectivity index (χ0v) is 28.2. The summed E-state index contributed by atoms with van der Waals surface area (Å²) in [6.07, 6.45) is 0. The van der Waals surface area contributed by atoms with Crippen molar-refractivity contribution in [2.24, 2.45) is 0 Å². The van der Waals surface area contributed by atoms with Gasteiger partial charge in [0.1, 0.15) is 11.0 Å². The number of benzene rings is 6. The summed E-state index contributed by atoms with van der Waals surface area (Å²) in [5.41, 5.74) is 9.81. The predicted octanol–water partition coefficient (Wildman–Crippen LogP) is 9.46. The van der Waals surface area contributed by atoms with Crippen LogP contribution in [0, 0.1) is 13.8 Å². The molecule has 0 saturated heterocycles. The zero-order chi connectivity index (χ0) is 33.0. The molecule has 0 atom stereocenters. The fourth-order valence-corrected chi connectivity index (χ4v) is 12.7. The lowest BCUT2D eigenvalue weighted by molar-refractivity contribution is 0.586. The van der Waals surface area contributed by atoms with Gasteiger partial charge in [0.2, 0.25) is 11.8 Å². The highest BCUT2D eigenvalue weighted by molar-refractivity contribution is 7.29. The standard InChI is InChI=1S/C44H32N2O2Si/c1-29-23-25-37-35(27-29)45-43(47-37)41-39(31-15-7-3-8-16-31)40(32-17-9-4-10-18-32)42(44-46-36-28-30(2)24-26-38(36)48-44)49(41,33-19-11-5-12-20-33)34-21-13-6-14-22-34/h3-28H,1-2H3. The number of aryl methyl sites for hydroxylation is 2. The first-order valence-electron chi connectivity index (χ1n) is 16.6. The summed E-state index contributed by atoms with van der Waals surface area (Å²) in [5, 5.41) is 4.55. The number of aromatic nitrogens is 2. The highest BCUT2D eigenvalue weighted by atomic mass is 28.3. The van der Waals surface area contributed by atoms with Gasteiger partial charge in [0, 0.05) is 10.4 Å². The van der Waals surface area contributed by atoms with E-state index < -0.39 is 8.07 Å². The van der Waals surface area contributed by atoms with Gasteiger partial charge in [-0.3, -0.25) is 0 Å². The Morgan fingerprint density at radius 2 is 0.796 bits per heavy atom. The zero-order valence-electron chi connectivity index (χ0n) is 27.2. The Balaban J connectivity index is 1.54. The molecule has 5 heteroatoms. The molecule has 3 heterocycles. The third-order valence-electron chi connectivity index (χ3n) is 9.55. The summed E-state index contributed by atoms with van der Waals surface area (Å²) in [5.74, 6) is 1.24. The number of rotatable bonds is 6. The van der Waals surface area contributed by atoms with Crippen LogP contribution in [0.5, 0.6) is 0 Å². The van der Waals surface area contributed by atoms with Crippen molar-refractivity contribution < 1.29 is 8.83 Å². The van der Waals surface area contributed by atoms with Gasteiger partial charge in [-0.05, 0) is 81.9 Å². The summed E-state index contributed by atoms with van der Waals surface area (Å²) in [7, 11) is -3.32. The summed E-state index contributed by atoms with van der Waals surface area (Å²) in [6, 6.07) is 55.5. The van der Waals surface area contributed by atoms with Crippen LogP contribution in [0.3, 0.4) is 0 Å². The number of hydrogen-bond donors (Lipinski definition) is 0. The second kappa shape index (κ2) is 11.6. The lowest BCUT2D eigenvalue weighted by Gasteiger charge is -2.32. The molecule has 0 bridgehead atoms. The fourth-order valence-electron chi connectivity index (χ4n) is 7.48. The van der Waals surface area contributed by atoms with E-state index in [0.717, 1.165) is 66.0 Å². The van der Waals surface area contributed by atoms with Gasteiger partial charge >= 0.3 is 0 Å². The molecule has 0 N–H and O–H groups in total. The topological polar surface area (TPSA) is 52.1 Å². The SMILES string of the molecule is Cc1ccc2oc(C3=C(c4ccccc4)C(c4ccccc4)=C(c4nc5cc(C)ccc5o4)[Si]3(c3ccccc3)c3ccccc3)nc2c1. The Morgan fingerprint density at radius 1 is 0.429 bits per heavy atom. The van der Waals surface area contributed by atoms with E-state index in [2.05, 4.69) is 159 Å². The molecule has 1 aliphatic rings. The Hall–Kier alpha value is -6.04. The number of nitrogens with zero attached hydrogens (tertiary/aromatic N) is 2. The van der Waals surface area contributed by atoms with Crippen LogP contribution in [0.1, 0.15) is 34.0 Å². The number of fused-ring (bicyclic) bond motifs is 2. The van der Waals surface area contributed by atoms with Crippen LogP contribution in [0.4, 0.5) is 0 Å². The van der Waals surface area contributed by atoms with Crippen molar-refractivity contribution in [2.45, 2.75) is 13.8 Å². The van der Waals surface area contributed by atoms with E-state index in [9.17, 15) is 0 Å². The highest BCUT2D eigenvalue weighted by Crippen LogP contribution is 2.55. The van der Waals surface area contributed by atoms with E-state index in [1.165, 1.54) is 10.4 Å². The highest BCUT2D eigenvalue weighted by Gasteiger charge is 2.56. The lowest BCUT2D eigenvalue weighted by atomic mass is 9.91. The van der Waals surface area contributed by atoms with Gasteiger partial charge in [0.25, 0.3) is 0 Å². The molecule has 0 saturated carbocycles. The number of allylic oxidation sites excluding steroid dienone is 2. The molecule has 0 radical (unpaired) electrons. The van der Waals surface area contributed by atoms with Crippen molar-refractivity contribution in [3.8, 4) is 0 Å². The third-order valence-corrected chi connectivity index (χ3v) is 14.4. The third kappa shape index (κ3) is 4.66. The molecule has 0 spiro atoms. The first-order chi connectivity index (χ1) is 24.1. The monoisotopic (exact) mass is 648 g/mol. The van der Waals surface area contributed by atoms with Crippen LogP contribution in [-0.2, 0) is 0 Å². The summed E-state index contributed by atoms with van der Waals surface area (Å²) in [6.45, 7) is 4.18. The molecule has 49 heavy (non-hydrogen) atoms. The first-order valence-corrected chi connectivity index (χ1v) is 18.6. The first kappa shape index (κ1) is 29.1. The average molecular weight is 649 g/mol. The van der Waals surface area contributed by atoms with E-state index in [4.69, 9.17) is 18.8 Å². The quantitative estimate of drug-likeness (QED) is 0.169. The van der Waals surface area contributed by atoms with Gasteiger partial charge in [-0.2, -0.15) is 0 Å². The molecule has 6 aromatic carbocycles. The van der Waals surface area contributed by atoms with Gasteiger partial charge in [-0.1, -0.05) is 133 Å². The number of oxazole rings is 2. The molecule has 234 valence electrons. The van der Waals surface area contributed by atoms with Crippen LogP contribution in [0.2, 0.25) is 0 Å². The molecule has 0 fully saturated rings. The van der Waals surface area contributed by atoms with E-state index in [1.54, 1.807) is 0 Å². The molecule has 0 amide bonds. The molecule has 1 aliphatic heterocycles. The van der Waals surface area contributed by atoms with Gasteiger partial charge in [-0.15, -0.1) is 0 Å². The molecular weight excluding hydrogens is 617 g/mol. The smallest absolute Gasteiger partial charge is 0.220 e. The minimum atomic E-state index is -3.32. The Morgan fingerprint density at radius 3 is 1.18 bits per heavy atom. The average Bonchev–Trinajstić information content (AvgIpc) is 3.85. The van der Waals surface area contributed by atoms with Crippen molar-refractivity contribution >= 4 is 62.2 Å². The minimum Gasteiger partial charge on any atom is -0.437 e. The van der Waals surface area contributed by atoms with Crippen molar-refractivity contribution in [1.82, 2.24) is 9.97 Å². The molecule has 4 nitrogen and oxygen atoms in total. The van der Waals surface area contributed by atoms with Crippen molar-refractivity contribution in [2.75, 3.05) is 0 Å². The molecule has 8 aromatic rings. The van der Waals surface area contributed by atoms with E-state index in [0.29, 0.717) is 11.8 Å². The minimum absolute atomic E-state index is 0.620. The van der Waals surface area contributed by atoms with Gasteiger partial charge in [0.15, 0.2) is 19.2 Å². The van der Waals surface area contributed by atoms with E-state index >= 15 is 0 Å². The molecule has 0 aliphatic carbocycles. The van der Waals surface area contributed by atoms with E-state index in [1.807, 2.05) is 12.1 Å². The maximum Gasteiger partial charge on any atom is 0.220 e. The Labute approximate surface area is 285 Å². The van der Waals surface area contributed by atoms with Gasteiger partial charge in [0.05, 0.1) is 0 Å². The Bertz CT molecular complexity index is 2370. The largest absolute Gasteiger partial charge is 0.437 e. The fraction of sp³-hybridized carbons (Fsp3) is 0.0455. The summed E-state index contributed by atoms with van der Waals surface area (Å²) < 4.78 is 13.8. The van der Waals surface area contributed by atoms with E-state index in [-0.39, 0.29) is 0 Å². The molecule has 0 unspecified atom stereocenters. The van der Waals surface area contributed by atoms with Crippen LogP contribution in [0.25, 0.3) is 43.7 Å². The van der Waals surface area contributed by atoms with Crippen molar-refractivity contribution in [3.05, 3.63) is 192 Å². The second-order valence-electron chi connectivity index (χ2n) is 12.7. The summed E-state index contributed by atoms with van der Waals surface area (Å²) in [4.78, 5) is 10.6. The van der Waals surface area contributed by atoms with Crippen molar-refractivity contribution in [1.29, 1.82) is 0 Å². The molecule has 9 rings (SSSR count). The second-order valence-corrected chi connectivity index (χ2v) is 16.3. The lowest BCUT2D eigenvalue weighted by Crippen LogP contribution is -2.59. The van der Waals surface area contributed by atoms with Crippen LogP contribution < -0.4 is 10.4 Å². The van der Waals surface area contributed by atoms with Crippen LogP contribution >= 0.6 is 0 Å². The maximum atomic E-state index is 6.89. The normalized spacial score (nSPS) is 14.3. The van der Waals surface area contributed by atoms with Crippen LogP contribution in [-0.4, -0.2) is 18.0 Å². The molecular formula is C44H32N2O2Si. The van der Waals surface area contributed by atoms with Gasteiger partial charge in [-0.25, -0.2) is 9.97 Å². The van der Waals surface area contributed by atoms with Crippen molar-refractivity contribution in [3.63, 3.8) is 0 Å².